The fraction of sp³-hybridized carbons (Fsp3) is 0.263. The van der Waals surface area contributed by atoms with Gasteiger partial charge in [-0.05, 0) is 45.0 Å². The van der Waals surface area contributed by atoms with Crippen molar-refractivity contribution in [1.82, 2.24) is 19.6 Å². The largest absolute Gasteiger partial charge is 0.462 e. The normalized spacial score (nSPS) is 10.6. The predicted octanol–water partition coefficient (Wildman–Crippen LogP) is 2.04. The SMILES string of the molecule is CCOC(=O)c1cc(NC(=O)c2nc3nccc(C)n3n2)cc(C(=O)OCC)c1. The Hall–Kier alpha value is -3.82. The maximum absolute atomic E-state index is 12.6. The van der Waals surface area contributed by atoms with Crippen molar-refractivity contribution in [2.75, 3.05) is 18.5 Å². The number of hydrogen-bond acceptors (Lipinski definition) is 8. The molecule has 150 valence electrons. The number of rotatable bonds is 6. The first-order valence-corrected chi connectivity index (χ1v) is 8.92. The molecule has 10 nitrogen and oxygen atoms in total. The topological polar surface area (TPSA) is 125 Å². The smallest absolute Gasteiger partial charge is 0.338 e. The van der Waals surface area contributed by atoms with Gasteiger partial charge in [-0.25, -0.2) is 19.1 Å². The summed E-state index contributed by atoms with van der Waals surface area (Å²) in [6.07, 6.45) is 1.56. The molecule has 0 saturated heterocycles. The molecule has 0 spiro atoms. The number of aryl methyl sites for hydroxylation is 1. The molecule has 10 heteroatoms. The minimum absolute atomic E-state index is 0.105. The summed E-state index contributed by atoms with van der Waals surface area (Å²) in [4.78, 5) is 45.0. The number of fused-ring (bicyclic) bond motifs is 1. The maximum Gasteiger partial charge on any atom is 0.338 e. The van der Waals surface area contributed by atoms with Crippen molar-refractivity contribution in [3.63, 3.8) is 0 Å². The van der Waals surface area contributed by atoms with Gasteiger partial charge < -0.3 is 14.8 Å². The zero-order valence-electron chi connectivity index (χ0n) is 16.1. The molecule has 0 radical (unpaired) electrons. The van der Waals surface area contributed by atoms with Gasteiger partial charge >= 0.3 is 11.9 Å². The molecule has 0 aliphatic rings. The van der Waals surface area contributed by atoms with Gasteiger partial charge in [-0.2, -0.15) is 4.98 Å². The molecule has 2 heterocycles. The number of hydrogen-bond donors (Lipinski definition) is 1. The molecule has 0 saturated carbocycles. The van der Waals surface area contributed by atoms with Gasteiger partial charge in [0, 0.05) is 17.6 Å². The van der Waals surface area contributed by atoms with Crippen LogP contribution in [0.5, 0.6) is 0 Å². The van der Waals surface area contributed by atoms with E-state index in [0.29, 0.717) is 0 Å². The highest BCUT2D eigenvalue weighted by atomic mass is 16.5. The van der Waals surface area contributed by atoms with E-state index in [2.05, 4.69) is 20.4 Å². The molecule has 0 aliphatic carbocycles. The van der Waals surface area contributed by atoms with Crippen molar-refractivity contribution in [2.45, 2.75) is 20.8 Å². The molecule has 2 aromatic heterocycles. The number of carbonyl (C=O) groups is 3. The second kappa shape index (κ2) is 8.46. The lowest BCUT2D eigenvalue weighted by molar-refractivity contribution is 0.0525. The van der Waals surface area contributed by atoms with Gasteiger partial charge in [0.1, 0.15) is 0 Å². The number of amides is 1. The van der Waals surface area contributed by atoms with Gasteiger partial charge in [0.15, 0.2) is 0 Å². The molecule has 1 amide bonds. The van der Waals surface area contributed by atoms with Gasteiger partial charge in [-0.3, -0.25) is 4.79 Å². The van der Waals surface area contributed by atoms with Crippen LogP contribution >= 0.6 is 0 Å². The Morgan fingerprint density at radius 3 is 2.21 bits per heavy atom. The number of aromatic nitrogens is 4. The highest BCUT2D eigenvalue weighted by Crippen LogP contribution is 2.18. The molecule has 0 bridgehead atoms. The first-order chi connectivity index (χ1) is 13.9. The van der Waals surface area contributed by atoms with Gasteiger partial charge in [0.25, 0.3) is 11.7 Å². The number of benzene rings is 1. The number of ether oxygens (including phenoxy) is 2. The third-order valence-electron chi connectivity index (χ3n) is 3.85. The summed E-state index contributed by atoms with van der Waals surface area (Å²) >= 11 is 0. The van der Waals surface area contributed by atoms with Crippen molar-refractivity contribution in [1.29, 1.82) is 0 Å². The zero-order chi connectivity index (χ0) is 21.0. The molecule has 3 rings (SSSR count). The molecular weight excluding hydrogens is 378 g/mol. The van der Waals surface area contributed by atoms with Crippen LogP contribution in [0, 0.1) is 6.92 Å². The van der Waals surface area contributed by atoms with Crippen LogP contribution in [0.25, 0.3) is 5.78 Å². The lowest BCUT2D eigenvalue weighted by Gasteiger charge is -2.09. The number of nitrogens with one attached hydrogen (secondary N) is 1. The average Bonchev–Trinajstić information content (AvgIpc) is 3.14. The number of nitrogens with zero attached hydrogens (tertiary/aromatic N) is 4. The molecule has 0 unspecified atom stereocenters. The van der Waals surface area contributed by atoms with E-state index in [0.717, 1.165) is 5.69 Å². The van der Waals surface area contributed by atoms with E-state index < -0.39 is 17.8 Å². The van der Waals surface area contributed by atoms with Crippen molar-refractivity contribution in [2.24, 2.45) is 0 Å². The van der Waals surface area contributed by atoms with E-state index in [-0.39, 0.29) is 41.6 Å². The van der Waals surface area contributed by atoms with Crippen LogP contribution < -0.4 is 5.32 Å². The van der Waals surface area contributed by atoms with E-state index in [1.165, 1.54) is 22.7 Å². The molecule has 3 aromatic rings. The second-order valence-electron chi connectivity index (χ2n) is 5.93. The fourth-order valence-electron chi connectivity index (χ4n) is 2.55. The van der Waals surface area contributed by atoms with E-state index >= 15 is 0 Å². The van der Waals surface area contributed by atoms with Crippen molar-refractivity contribution >= 4 is 29.3 Å². The van der Waals surface area contributed by atoms with Gasteiger partial charge in [0.05, 0.1) is 24.3 Å². The average molecular weight is 397 g/mol. The van der Waals surface area contributed by atoms with Crippen LogP contribution in [0.1, 0.15) is 50.9 Å². The fourth-order valence-corrected chi connectivity index (χ4v) is 2.55. The lowest BCUT2D eigenvalue weighted by Crippen LogP contribution is -2.16. The maximum atomic E-state index is 12.6. The van der Waals surface area contributed by atoms with Crippen LogP contribution in [0.2, 0.25) is 0 Å². The summed E-state index contributed by atoms with van der Waals surface area (Å²) in [5.74, 6) is -1.70. The van der Waals surface area contributed by atoms with Crippen molar-refractivity contribution in [3.8, 4) is 0 Å². The van der Waals surface area contributed by atoms with E-state index in [1.54, 1.807) is 33.0 Å². The third-order valence-corrected chi connectivity index (χ3v) is 3.85. The van der Waals surface area contributed by atoms with Crippen LogP contribution in [0.3, 0.4) is 0 Å². The van der Waals surface area contributed by atoms with Crippen LogP contribution in [-0.2, 0) is 9.47 Å². The molecule has 29 heavy (non-hydrogen) atoms. The molecule has 1 N–H and O–H groups in total. The van der Waals surface area contributed by atoms with Crippen molar-refractivity contribution < 1.29 is 23.9 Å². The summed E-state index contributed by atoms with van der Waals surface area (Å²) in [7, 11) is 0. The Balaban J connectivity index is 1.93. The highest BCUT2D eigenvalue weighted by molar-refractivity contribution is 6.04. The Labute approximate surface area is 165 Å². The third kappa shape index (κ3) is 4.37. The molecule has 0 atom stereocenters. The van der Waals surface area contributed by atoms with Gasteiger partial charge in [-0.1, -0.05) is 0 Å². The standard InChI is InChI=1S/C19H19N5O5/c1-4-28-17(26)12-8-13(18(27)29-5-2)10-14(9-12)21-16(25)15-22-19-20-7-6-11(3)24(19)23-15/h6-10H,4-5H2,1-3H3,(H,21,25). The van der Waals surface area contributed by atoms with E-state index in [4.69, 9.17) is 9.47 Å². The molecule has 1 aromatic carbocycles. The Kier molecular flexibility index (Phi) is 5.82. The van der Waals surface area contributed by atoms with Crippen LogP contribution in [-0.4, -0.2) is 50.6 Å². The minimum atomic E-state index is -0.625. The number of esters is 2. The lowest BCUT2D eigenvalue weighted by atomic mass is 10.1. The van der Waals surface area contributed by atoms with Crippen LogP contribution in [0.4, 0.5) is 5.69 Å². The first kappa shape index (κ1) is 19.9. The van der Waals surface area contributed by atoms with E-state index in [9.17, 15) is 14.4 Å². The van der Waals surface area contributed by atoms with Gasteiger partial charge in [0.2, 0.25) is 5.82 Å². The Morgan fingerprint density at radius 1 is 1.03 bits per heavy atom. The summed E-state index contributed by atoms with van der Waals surface area (Å²) in [5.41, 5.74) is 1.17. The summed E-state index contributed by atoms with van der Waals surface area (Å²) in [5, 5.41) is 6.72. The van der Waals surface area contributed by atoms with Gasteiger partial charge in [-0.15, -0.1) is 5.10 Å². The highest BCUT2D eigenvalue weighted by Gasteiger charge is 2.18. The van der Waals surface area contributed by atoms with Crippen molar-refractivity contribution in [3.05, 3.63) is 53.1 Å². The first-order valence-electron chi connectivity index (χ1n) is 8.92. The molecule has 0 fully saturated rings. The molecule has 0 aliphatic heterocycles. The Bertz CT molecular complexity index is 1060. The summed E-state index contributed by atoms with van der Waals surface area (Å²) in [6, 6.07) is 5.88. The second-order valence-corrected chi connectivity index (χ2v) is 5.93. The monoisotopic (exact) mass is 397 g/mol. The minimum Gasteiger partial charge on any atom is -0.462 e. The Morgan fingerprint density at radius 2 is 1.66 bits per heavy atom. The zero-order valence-corrected chi connectivity index (χ0v) is 16.1. The molecular formula is C19H19N5O5. The number of carbonyl (C=O) groups excluding carboxylic acids is 3. The van der Waals surface area contributed by atoms with E-state index in [1.807, 2.05) is 0 Å². The predicted molar refractivity (Wildman–Crippen MR) is 102 cm³/mol. The number of anilines is 1. The summed E-state index contributed by atoms with van der Waals surface area (Å²) < 4.78 is 11.4. The summed E-state index contributed by atoms with van der Waals surface area (Å²) in [6.45, 7) is 5.48. The van der Waals surface area contributed by atoms with Crippen LogP contribution in [0.15, 0.2) is 30.5 Å². The quantitative estimate of drug-likeness (QED) is 0.627.